The predicted octanol–water partition coefficient (Wildman–Crippen LogP) is 2.01. The summed E-state index contributed by atoms with van der Waals surface area (Å²) in [5.74, 6) is 0.0833. The van der Waals surface area contributed by atoms with Crippen LogP contribution in [0.5, 0.6) is 0 Å². The Balaban J connectivity index is 4.10. The lowest BCUT2D eigenvalue weighted by molar-refractivity contribution is 0.722. The third-order valence-corrected chi connectivity index (χ3v) is 1.37. The van der Waals surface area contributed by atoms with E-state index in [0.29, 0.717) is 12.0 Å². The van der Waals surface area contributed by atoms with E-state index in [2.05, 4.69) is 0 Å². The Morgan fingerprint density at radius 2 is 2.20 bits per heavy atom. The lowest BCUT2D eigenvalue weighted by Crippen LogP contribution is -1.94. The van der Waals surface area contributed by atoms with Gasteiger partial charge in [0.2, 0.25) is 0 Å². The van der Waals surface area contributed by atoms with Crippen LogP contribution in [0.2, 0.25) is 0 Å². The molecule has 0 rings (SSSR count). The number of rotatable bonds is 2. The molecule has 0 aliphatic heterocycles. The Morgan fingerprint density at radius 3 is 2.50 bits per heavy atom. The van der Waals surface area contributed by atoms with Crippen LogP contribution in [0.3, 0.4) is 0 Å². The predicted molar refractivity (Wildman–Crippen MR) is 38.8 cm³/mol. The first-order chi connectivity index (χ1) is 4.76. The minimum absolute atomic E-state index is 0.0833. The van der Waals surface area contributed by atoms with Crippen LogP contribution >= 0.6 is 0 Å². The molecule has 0 amide bonds. The van der Waals surface area contributed by atoms with Crippen LogP contribution in [-0.4, -0.2) is 0 Å². The van der Waals surface area contributed by atoms with Gasteiger partial charge in [-0.15, -0.1) is 0 Å². The second-order valence-corrected chi connectivity index (χ2v) is 2.12. The van der Waals surface area contributed by atoms with Crippen molar-refractivity contribution < 1.29 is 0 Å². The summed E-state index contributed by atoms with van der Waals surface area (Å²) in [4.78, 5) is 0. The van der Waals surface area contributed by atoms with Crippen molar-refractivity contribution in [1.29, 1.82) is 10.5 Å². The van der Waals surface area contributed by atoms with Crippen LogP contribution in [-0.2, 0) is 0 Å². The first kappa shape index (κ1) is 8.72. The highest BCUT2D eigenvalue weighted by Crippen LogP contribution is 2.11. The van der Waals surface area contributed by atoms with Crippen molar-refractivity contribution in [3.05, 3.63) is 11.6 Å². The number of nitrogens with zero attached hydrogens (tertiary/aromatic N) is 2. The molecule has 0 heterocycles. The summed E-state index contributed by atoms with van der Waals surface area (Å²) in [5.41, 5.74) is 0.696. The molecule has 1 unspecified atom stereocenters. The fourth-order valence-corrected chi connectivity index (χ4v) is 0.706. The Hall–Kier alpha value is -1.28. The third kappa shape index (κ3) is 2.33. The quantitative estimate of drug-likeness (QED) is 0.542. The van der Waals surface area contributed by atoms with E-state index in [1.165, 1.54) is 0 Å². The Kier molecular flexibility index (Phi) is 4.00. The van der Waals surface area contributed by atoms with E-state index in [-0.39, 0.29) is 5.92 Å². The number of hydrogen-bond donors (Lipinski definition) is 0. The minimum atomic E-state index is 0.0833. The van der Waals surface area contributed by atoms with Crippen molar-refractivity contribution >= 4 is 0 Å². The SMILES string of the molecule is C/C=C(\C#N)C(C)CC#N. The maximum atomic E-state index is 8.50. The van der Waals surface area contributed by atoms with Crippen LogP contribution in [0.1, 0.15) is 20.3 Å². The number of nitriles is 2. The average Bonchev–Trinajstić information content (AvgIpc) is 1.91. The summed E-state index contributed by atoms with van der Waals surface area (Å²) in [5, 5.41) is 16.8. The highest BCUT2D eigenvalue weighted by atomic mass is 14.3. The Bertz CT molecular complexity index is 202. The van der Waals surface area contributed by atoms with Crippen LogP contribution < -0.4 is 0 Å². The second-order valence-electron chi connectivity index (χ2n) is 2.12. The van der Waals surface area contributed by atoms with Crippen molar-refractivity contribution in [2.24, 2.45) is 5.92 Å². The molecule has 0 fully saturated rings. The molecular formula is C8H10N2. The molecule has 0 saturated carbocycles. The topological polar surface area (TPSA) is 47.6 Å². The first-order valence-corrected chi connectivity index (χ1v) is 3.19. The molecule has 2 nitrogen and oxygen atoms in total. The molecule has 0 aliphatic rings. The fraction of sp³-hybridized carbons (Fsp3) is 0.500. The van der Waals surface area contributed by atoms with Gasteiger partial charge in [-0.1, -0.05) is 13.0 Å². The van der Waals surface area contributed by atoms with Crippen molar-refractivity contribution in [2.75, 3.05) is 0 Å². The molecule has 2 heteroatoms. The van der Waals surface area contributed by atoms with Crippen LogP contribution in [0.15, 0.2) is 11.6 Å². The van der Waals surface area contributed by atoms with Crippen molar-refractivity contribution in [1.82, 2.24) is 0 Å². The van der Waals surface area contributed by atoms with E-state index in [1.807, 2.05) is 26.0 Å². The van der Waals surface area contributed by atoms with E-state index in [0.717, 1.165) is 0 Å². The lowest BCUT2D eigenvalue weighted by Gasteiger charge is -2.01. The van der Waals surface area contributed by atoms with Crippen molar-refractivity contribution in [3.8, 4) is 12.1 Å². The number of hydrogen-bond acceptors (Lipinski definition) is 2. The summed E-state index contributed by atoms with van der Waals surface area (Å²) < 4.78 is 0. The van der Waals surface area contributed by atoms with Gasteiger partial charge in [-0.3, -0.25) is 0 Å². The van der Waals surface area contributed by atoms with E-state index >= 15 is 0 Å². The molecule has 0 radical (unpaired) electrons. The Morgan fingerprint density at radius 1 is 1.60 bits per heavy atom. The summed E-state index contributed by atoms with van der Waals surface area (Å²) in [6, 6.07) is 4.07. The summed E-state index contributed by atoms with van der Waals surface area (Å²) >= 11 is 0. The second kappa shape index (κ2) is 4.58. The molecule has 10 heavy (non-hydrogen) atoms. The Labute approximate surface area is 61.4 Å². The average molecular weight is 134 g/mol. The monoisotopic (exact) mass is 134 g/mol. The van der Waals surface area contributed by atoms with Crippen LogP contribution in [0.4, 0.5) is 0 Å². The largest absolute Gasteiger partial charge is 0.198 e. The van der Waals surface area contributed by atoms with Crippen molar-refractivity contribution in [3.63, 3.8) is 0 Å². The highest BCUT2D eigenvalue weighted by Gasteiger charge is 2.04. The lowest BCUT2D eigenvalue weighted by atomic mass is 10.00. The van der Waals surface area contributed by atoms with Gasteiger partial charge in [-0.2, -0.15) is 10.5 Å². The molecule has 0 bridgehead atoms. The summed E-state index contributed by atoms with van der Waals surface area (Å²) in [6.45, 7) is 3.69. The van der Waals surface area contributed by atoms with Gasteiger partial charge in [0, 0.05) is 17.9 Å². The van der Waals surface area contributed by atoms with Crippen LogP contribution in [0, 0.1) is 28.6 Å². The molecule has 0 saturated heterocycles. The minimum Gasteiger partial charge on any atom is -0.198 e. The highest BCUT2D eigenvalue weighted by molar-refractivity contribution is 5.22. The van der Waals surface area contributed by atoms with Gasteiger partial charge in [0.15, 0.2) is 0 Å². The molecular weight excluding hydrogens is 124 g/mol. The number of allylic oxidation sites excluding steroid dienone is 2. The maximum Gasteiger partial charge on any atom is 0.0946 e. The smallest absolute Gasteiger partial charge is 0.0946 e. The van der Waals surface area contributed by atoms with Gasteiger partial charge in [-0.25, -0.2) is 0 Å². The zero-order valence-corrected chi connectivity index (χ0v) is 6.26. The normalized spacial score (nSPS) is 13.4. The van der Waals surface area contributed by atoms with Gasteiger partial charge < -0.3 is 0 Å². The van der Waals surface area contributed by atoms with E-state index in [9.17, 15) is 0 Å². The van der Waals surface area contributed by atoms with E-state index in [1.54, 1.807) is 6.08 Å². The summed E-state index contributed by atoms with van der Waals surface area (Å²) in [7, 11) is 0. The first-order valence-electron chi connectivity index (χ1n) is 3.19. The molecule has 0 aromatic rings. The van der Waals surface area contributed by atoms with Gasteiger partial charge in [0.05, 0.1) is 12.1 Å². The van der Waals surface area contributed by atoms with Crippen molar-refractivity contribution in [2.45, 2.75) is 20.3 Å². The molecule has 0 aromatic carbocycles. The standard InChI is InChI=1S/C8H10N2/c1-3-8(6-10)7(2)4-5-9/h3,7H,4H2,1-2H3/b8-3+. The van der Waals surface area contributed by atoms with Gasteiger partial charge >= 0.3 is 0 Å². The van der Waals surface area contributed by atoms with Gasteiger partial charge in [0.25, 0.3) is 0 Å². The zero-order valence-electron chi connectivity index (χ0n) is 6.26. The molecule has 52 valence electrons. The van der Waals surface area contributed by atoms with E-state index < -0.39 is 0 Å². The van der Waals surface area contributed by atoms with Gasteiger partial charge in [0.1, 0.15) is 0 Å². The zero-order chi connectivity index (χ0) is 7.98. The van der Waals surface area contributed by atoms with E-state index in [4.69, 9.17) is 10.5 Å². The van der Waals surface area contributed by atoms with Gasteiger partial charge in [-0.05, 0) is 6.92 Å². The molecule has 1 atom stereocenters. The molecule has 0 spiro atoms. The third-order valence-electron chi connectivity index (χ3n) is 1.37. The van der Waals surface area contributed by atoms with Crippen LogP contribution in [0.25, 0.3) is 0 Å². The molecule has 0 aromatic heterocycles. The summed E-state index contributed by atoms with van der Waals surface area (Å²) in [6.07, 6.45) is 2.18. The molecule has 0 N–H and O–H groups in total. The molecule has 0 aliphatic carbocycles. The maximum absolute atomic E-state index is 8.50. The fourth-order valence-electron chi connectivity index (χ4n) is 0.706.